The zero-order valence-corrected chi connectivity index (χ0v) is 14.7. The predicted octanol–water partition coefficient (Wildman–Crippen LogP) is 3.11. The number of unbranched alkanes of at least 4 members (excludes halogenated alkanes) is 1. The van der Waals surface area contributed by atoms with E-state index < -0.39 is 0 Å². The second-order valence-corrected chi connectivity index (χ2v) is 7.05. The van der Waals surface area contributed by atoms with Crippen molar-refractivity contribution in [3.05, 3.63) is 35.4 Å². The van der Waals surface area contributed by atoms with Gasteiger partial charge in [0.1, 0.15) is 0 Å². The van der Waals surface area contributed by atoms with Gasteiger partial charge in [0.15, 0.2) is 0 Å². The molecule has 0 unspecified atom stereocenters. The molecular formula is C20H28N2O2. The molecule has 1 aliphatic carbocycles. The zero-order valence-electron chi connectivity index (χ0n) is 14.7. The molecule has 2 fully saturated rings. The van der Waals surface area contributed by atoms with Crippen molar-refractivity contribution >= 4 is 11.8 Å². The van der Waals surface area contributed by atoms with Gasteiger partial charge < -0.3 is 9.80 Å². The maximum absolute atomic E-state index is 12.7. The molecule has 0 atom stereocenters. The predicted molar refractivity (Wildman–Crippen MR) is 94.9 cm³/mol. The van der Waals surface area contributed by atoms with Crippen LogP contribution >= 0.6 is 0 Å². The largest absolute Gasteiger partial charge is 0.341 e. The van der Waals surface area contributed by atoms with Gasteiger partial charge in [-0.25, -0.2) is 0 Å². The highest BCUT2D eigenvalue weighted by Crippen LogP contribution is 2.31. The van der Waals surface area contributed by atoms with Crippen molar-refractivity contribution in [3.8, 4) is 0 Å². The molecule has 0 N–H and O–H groups in total. The number of nitrogens with zero attached hydrogens (tertiary/aromatic N) is 2. The van der Waals surface area contributed by atoms with E-state index in [1.807, 2.05) is 21.9 Å². The number of hydrogen-bond donors (Lipinski definition) is 0. The van der Waals surface area contributed by atoms with Gasteiger partial charge in [0.05, 0.1) is 0 Å². The lowest BCUT2D eigenvalue weighted by Gasteiger charge is -2.22. The van der Waals surface area contributed by atoms with Crippen LogP contribution in [-0.2, 0) is 11.2 Å². The highest BCUT2D eigenvalue weighted by Gasteiger charge is 2.34. The molecule has 0 bridgehead atoms. The molecule has 4 heteroatoms. The Kier molecular flexibility index (Phi) is 5.54. The van der Waals surface area contributed by atoms with Gasteiger partial charge in [-0.3, -0.25) is 9.59 Å². The van der Waals surface area contributed by atoms with Crippen molar-refractivity contribution < 1.29 is 9.59 Å². The third kappa shape index (κ3) is 4.16. The second kappa shape index (κ2) is 7.82. The van der Waals surface area contributed by atoms with E-state index in [2.05, 4.69) is 19.1 Å². The Balaban J connectivity index is 1.57. The number of carbonyl (C=O) groups excluding carboxylic acids is 2. The van der Waals surface area contributed by atoms with Crippen LogP contribution in [0.25, 0.3) is 0 Å². The lowest BCUT2D eigenvalue weighted by atomic mass is 10.1. The molecule has 1 aromatic carbocycles. The maximum atomic E-state index is 12.7. The molecule has 130 valence electrons. The molecule has 1 aliphatic heterocycles. The summed E-state index contributed by atoms with van der Waals surface area (Å²) in [5, 5.41) is 0. The Labute approximate surface area is 144 Å². The van der Waals surface area contributed by atoms with E-state index in [4.69, 9.17) is 0 Å². The number of carbonyl (C=O) groups is 2. The molecule has 0 radical (unpaired) electrons. The summed E-state index contributed by atoms with van der Waals surface area (Å²) < 4.78 is 0. The number of aryl methyl sites for hydroxylation is 1. The van der Waals surface area contributed by atoms with Gasteiger partial charge in [-0.2, -0.15) is 0 Å². The maximum Gasteiger partial charge on any atom is 0.253 e. The van der Waals surface area contributed by atoms with Gasteiger partial charge in [0, 0.05) is 37.7 Å². The second-order valence-electron chi connectivity index (χ2n) is 7.05. The SMILES string of the molecule is CCCCc1ccc(C(=O)N2CCCN(C(=O)C3CC3)CC2)cc1. The topological polar surface area (TPSA) is 40.6 Å². The highest BCUT2D eigenvalue weighted by atomic mass is 16.2. The van der Waals surface area contributed by atoms with E-state index in [1.165, 1.54) is 18.4 Å². The molecule has 0 spiro atoms. The minimum absolute atomic E-state index is 0.0952. The number of amides is 2. The summed E-state index contributed by atoms with van der Waals surface area (Å²) in [4.78, 5) is 28.8. The molecule has 0 aromatic heterocycles. The average Bonchev–Trinajstić information content (AvgIpc) is 3.45. The number of rotatable bonds is 5. The van der Waals surface area contributed by atoms with E-state index in [-0.39, 0.29) is 11.8 Å². The van der Waals surface area contributed by atoms with E-state index in [0.29, 0.717) is 19.0 Å². The first-order chi connectivity index (χ1) is 11.7. The van der Waals surface area contributed by atoms with Crippen LogP contribution in [0.15, 0.2) is 24.3 Å². The van der Waals surface area contributed by atoms with E-state index >= 15 is 0 Å². The molecule has 4 nitrogen and oxygen atoms in total. The molecule has 2 amide bonds. The monoisotopic (exact) mass is 328 g/mol. The third-order valence-corrected chi connectivity index (χ3v) is 5.04. The van der Waals surface area contributed by atoms with Crippen LogP contribution < -0.4 is 0 Å². The standard InChI is InChI=1S/C20H28N2O2/c1-2-3-5-16-6-8-17(9-7-16)19(23)21-12-4-13-22(15-14-21)20(24)18-10-11-18/h6-9,18H,2-5,10-15H2,1H3. The van der Waals surface area contributed by atoms with E-state index in [9.17, 15) is 9.59 Å². The summed E-state index contributed by atoms with van der Waals surface area (Å²) in [6.07, 6.45) is 6.41. The van der Waals surface area contributed by atoms with Gasteiger partial charge >= 0.3 is 0 Å². The fourth-order valence-corrected chi connectivity index (χ4v) is 3.31. The van der Waals surface area contributed by atoms with E-state index in [1.54, 1.807) is 0 Å². The summed E-state index contributed by atoms with van der Waals surface area (Å²) in [7, 11) is 0. The van der Waals surface area contributed by atoms with E-state index in [0.717, 1.165) is 44.3 Å². The Morgan fingerprint density at radius 3 is 2.33 bits per heavy atom. The first-order valence-electron chi connectivity index (χ1n) is 9.36. The van der Waals surface area contributed by atoms with Crippen molar-refractivity contribution in [2.75, 3.05) is 26.2 Å². The quantitative estimate of drug-likeness (QED) is 0.833. The van der Waals surface area contributed by atoms with Crippen LogP contribution in [0.1, 0.15) is 54.9 Å². The Morgan fingerprint density at radius 1 is 1.00 bits per heavy atom. The first-order valence-corrected chi connectivity index (χ1v) is 9.36. The normalized spacial score (nSPS) is 18.4. The summed E-state index contributed by atoms with van der Waals surface area (Å²) >= 11 is 0. The summed E-state index contributed by atoms with van der Waals surface area (Å²) in [5.74, 6) is 0.658. The number of hydrogen-bond acceptors (Lipinski definition) is 2. The van der Waals surface area contributed by atoms with Crippen LogP contribution in [0.5, 0.6) is 0 Å². The fraction of sp³-hybridized carbons (Fsp3) is 0.600. The minimum Gasteiger partial charge on any atom is -0.341 e. The van der Waals surface area contributed by atoms with Gasteiger partial charge in [0.25, 0.3) is 5.91 Å². The van der Waals surface area contributed by atoms with Crippen LogP contribution in [0.3, 0.4) is 0 Å². The lowest BCUT2D eigenvalue weighted by molar-refractivity contribution is -0.132. The molecule has 3 rings (SSSR count). The molecular weight excluding hydrogens is 300 g/mol. The molecule has 1 saturated heterocycles. The summed E-state index contributed by atoms with van der Waals surface area (Å²) in [5.41, 5.74) is 2.06. The molecule has 24 heavy (non-hydrogen) atoms. The van der Waals surface area contributed by atoms with Gasteiger partial charge in [-0.1, -0.05) is 25.5 Å². The smallest absolute Gasteiger partial charge is 0.253 e. The van der Waals surface area contributed by atoms with Crippen molar-refractivity contribution in [1.82, 2.24) is 9.80 Å². The van der Waals surface area contributed by atoms with Crippen LogP contribution in [0.4, 0.5) is 0 Å². The molecule has 2 aliphatic rings. The first kappa shape index (κ1) is 17.0. The highest BCUT2D eigenvalue weighted by molar-refractivity contribution is 5.94. The van der Waals surface area contributed by atoms with Crippen molar-refractivity contribution in [2.45, 2.75) is 45.4 Å². The van der Waals surface area contributed by atoms with Gasteiger partial charge in [-0.05, 0) is 49.8 Å². The van der Waals surface area contributed by atoms with Crippen LogP contribution in [0.2, 0.25) is 0 Å². The average molecular weight is 328 g/mol. The Bertz CT molecular complexity index is 578. The fourth-order valence-electron chi connectivity index (χ4n) is 3.31. The molecule has 1 aromatic rings. The molecule has 1 heterocycles. The summed E-state index contributed by atoms with van der Waals surface area (Å²) in [6.45, 7) is 5.04. The van der Waals surface area contributed by atoms with Crippen LogP contribution in [-0.4, -0.2) is 47.8 Å². The Hall–Kier alpha value is -1.84. The van der Waals surface area contributed by atoms with Gasteiger partial charge in [-0.15, -0.1) is 0 Å². The number of benzene rings is 1. The van der Waals surface area contributed by atoms with Crippen LogP contribution in [0, 0.1) is 5.92 Å². The van der Waals surface area contributed by atoms with Crippen molar-refractivity contribution in [3.63, 3.8) is 0 Å². The van der Waals surface area contributed by atoms with Crippen molar-refractivity contribution in [2.24, 2.45) is 5.92 Å². The summed E-state index contributed by atoms with van der Waals surface area (Å²) in [6, 6.07) is 8.05. The zero-order chi connectivity index (χ0) is 16.9. The van der Waals surface area contributed by atoms with Gasteiger partial charge in [0.2, 0.25) is 5.91 Å². The van der Waals surface area contributed by atoms with Crippen molar-refractivity contribution in [1.29, 1.82) is 0 Å². The molecule has 1 saturated carbocycles. The Morgan fingerprint density at radius 2 is 1.67 bits per heavy atom. The third-order valence-electron chi connectivity index (χ3n) is 5.04. The lowest BCUT2D eigenvalue weighted by Crippen LogP contribution is -2.37. The minimum atomic E-state index is 0.0952.